The molecule has 0 saturated carbocycles. The number of benzene rings is 2. The second-order valence-corrected chi connectivity index (χ2v) is 10.6. The Hall–Kier alpha value is -3.00. The Labute approximate surface area is 217 Å². The normalized spacial score (nSPS) is 15.4. The van der Waals surface area contributed by atoms with Crippen molar-refractivity contribution in [3.8, 4) is 0 Å². The molecular weight excluding hydrogens is 472 g/mol. The third kappa shape index (κ3) is 8.59. The first-order chi connectivity index (χ1) is 17.2. The first kappa shape index (κ1) is 31.0. The molecule has 0 unspecified atom stereocenters. The molecular formula is C29H40N2O4S. The summed E-state index contributed by atoms with van der Waals surface area (Å²) >= 11 is 0. The Morgan fingerprint density at radius 2 is 1.78 bits per heavy atom. The van der Waals surface area contributed by atoms with Crippen molar-refractivity contribution < 1.29 is 18.3 Å². The zero-order valence-corrected chi connectivity index (χ0v) is 22.6. The van der Waals surface area contributed by atoms with E-state index in [1.807, 2.05) is 32.2 Å². The number of carbonyl (C=O) groups excluding carboxylic acids is 1. The van der Waals surface area contributed by atoms with Crippen LogP contribution in [-0.4, -0.2) is 50.9 Å². The molecule has 0 radical (unpaired) electrons. The molecule has 0 aliphatic carbocycles. The maximum absolute atomic E-state index is 12.8. The topological polar surface area (TPSA) is 86.7 Å². The van der Waals surface area contributed by atoms with Crippen LogP contribution in [-0.2, 0) is 10.0 Å². The number of allylic oxidation sites excluding steroid dienone is 3. The molecule has 1 saturated heterocycles. The first-order valence-electron chi connectivity index (χ1n) is 11.9. The molecule has 0 bridgehead atoms. The summed E-state index contributed by atoms with van der Waals surface area (Å²) in [5, 5.41) is 13.0. The summed E-state index contributed by atoms with van der Waals surface area (Å²) in [6.07, 6.45) is 6.25. The van der Waals surface area contributed by atoms with Crippen LogP contribution in [0.3, 0.4) is 0 Å². The van der Waals surface area contributed by atoms with E-state index in [-0.39, 0.29) is 16.9 Å². The van der Waals surface area contributed by atoms with Crippen LogP contribution in [0, 0.1) is 12.3 Å². The summed E-state index contributed by atoms with van der Waals surface area (Å²) in [6, 6.07) is 14.3. The fourth-order valence-corrected chi connectivity index (χ4v) is 5.51. The third-order valence-electron chi connectivity index (χ3n) is 6.27. The number of hydrogen-bond donors (Lipinski definition) is 2. The van der Waals surface area contributed by atoms with Gasteiger partial charge in [0.2, 0.25) is 10.0 Å². The fourth-order valence-electron chi connectivity index (χ4n) is 4.01. The Morgan fingerprint density at radius 3 is 2.25 bits per heavy atom. The van der Waals surface area contributed by atoms with Gasteiger partial charge in [0.15, 0.2) is 0 Å². The summed E-state index contributed by atoms with van der Waals surface area (Å²) in [4.78, 5) is 11.0. The van der Waals surface area contributed by atoms with Crippen LogP contribution in [0.1, 0.15) is 42.1 Å². The average molecular weight is 513 g/mol. The lowest BCUT2D eigenvalue weighted by Crippen LogP contribution is -2.44. The van der Waals surface area contributed by atoms with E-state index in [1.165, 1.54) is 27.7 Å². The van der Waals surface area contributed by atoms with Crippen molar-refractivity contribution in [2.75, 3.05) is 32.1 Å². The van der Waals surface area contributed by atoms with E-state index in [9.17, 15) is 18.3 Å². The highest BCUT2D eigenvalue weighted by Gasteiger charge is 2.38. The zero-order chi connectivity index (χ0) is 27.2. The molecule has 1 aliphatic rings. The molecule has 7 heteroatoms. The highest BCUT2D eigenvalue weighted by atomic mass is 32.2. The summed E-state index contributed by atoms with van der Waals surface area (Å²) < 4.78 is 27.1. The molecule has 2 aromatic rings. The number of hydrogen-bond acceptors (Lipinski definition) is 5. The minimum Gasteiger partial charge on any atom is -0.396 e. The number of anilines is 1. The van der Waals surface area contributed by atoms with E-state index in [0.29, 0.717) is 44.2 Å². The highest BCUT2D eigenvalue weighted by molar-refractivity contribution is 7.89. The molecule has 2 N–H and O–H groups in total. The number of aliphatic hydroxyl groups excluding tert-OH is 1. The van der Waals surface area contributed by atoms with E-state index < -0.39 is 10.0 Å². The van der Waals surface area contributed by atoms with Crippen LogP contribution in [0.5, 0.6) is 0 Å². The molecule has 1 heterocycles. The maximum Gasteiger partial charge on any atom is 0.243 e. The lowest BCUT2D eigenvalue weighted by Gasteiger charge is -2.40. The third-order valence-corrected chi connectivity index (χ3v) is 8.16. The second-order valence-electron chi connectivity index (χ2n) is 8.62. The van der Waals surface area contributed by atoms with Crippen molar-refractivity contribution in [3.63, 3.8) is 0 Å². The van der Waals surface area contributed by atoms with Gasteiger partial charge in [-0.05, 0) is 68.4 Å². The van der Waals surface area contributed by atoms with Gasteiger partial charge in [-0.25, -0.2) is 8.42 Å². The molecule has 1 fully saturated rings. The number of sulfonamides is 1. The standard InChI is InChI=1S/C19H25NO4S.C8H11N.C2H4/c1-3-16(4-2)13-19(15-22)8-10-20(11-9-19)25(23,24)18-7-5-6-17(12-18)14-21;1-7-4-3-5-8(6-7)9-2;1-2/h3-7,12,14,22H,1,8-11,13,15H2,2H3;3-6,9H,1-2H3;1-2H2/b16-4+;;. The Kier molecular flexibility index (Phi) is 13.1. The molecule has 0 amide bonds. The summed E-state index contributed by atoms with van der Waals surface area (Å²) in [5.41, 5.74) is 3.56. The number of carbonyl (C=O) groups is 1. The SMILES string of the molecule is C=C.C=C/C(=C\C)CC1(CO)CCN(S(=O)(=O)c2cccc(C=O)c2)CC1.CNc1cccc(C)c1. The molecule has 2 aromatic carbocycles. The van der Waals surface area contributed by atoms with Crippen molar-refractivity contribution >= 4 is 22.0 Å². The highest BCUT2D eigenvalue weighted by Crippen LogP contribution is 2.38. The monoisotopic (exact) mass is 512 g/mol. The van der Waals surface area contributed by atoms with Gasteiger partial charge in [-0.3, -0.25) is 4.79 Å². The van der Waals surface area contributed by atoms with Gasteiger partial charge in [0.05, 0.1) is 4.90 Å². The number of aryl methyl sites for hydroxylation is 1. The van der Waals surface area contributed by atoms with Crippen LogP contribution in [0.25, 0.3) is 0 Å². The lowest BCUT2D eigenvalue weighted by atomic mass is 9.74. The van der Waals surface area contributed by atoms with Crippen molar-refractivity contribution in [1.82, 2.24) is 4.31 Å². The predicted molar refractivity (Wildman–Crippen MR) is 150 cm³/mol. The van der Waals surface area contributed by atoms with Gasteiger partial charge in [-0.15, -0.1) is 13.2 Å². The van der Waals surface area contributed by atoms with Crippen molar-refractivity contribution in [2.24, 2.45) is 5.41 Å². The van der Waals surface area contributed by atoms with Gasteiger partial charge in [0.25, 0.3) is 0 Å². The van der Waals surface area contributed by atoms with Crippen molar-refractivity contribution in [2.45, 2.75) is 38.0 Å². The van der Waals surface area contributed by atoms with Gasteiger partial charge in [0.1, 0.15) is 6.29 Å². The van der Waals surface area contributed by atoms with E-state index in [2.05, 4.69) is 44.1 Å². The summed E-state index contributed by atoms with van der Waals surface area (Å²) in [7, 11) is -1.71. The van der Waals surface area contributed by atoms with Gasteiger partial charge >= 0.3 is 0 Å². The lowest BCUT2D eigenvalue weighted by molar-refractivity contribution is 0.0691. The van der Waals surface area contributed by atoms with Crippen LogP contribution in [0.15, 0.2) is 90.9 Å². The minimum atomic E-state index is -3.63. The Balaban J connectivity index is 0.000000491. The van der Waals surface area contributed by atoms with Crippen molar-refractivity contribution in [1.29, 1.82) is 0 Å². The molecule has 0 atom stereocenters. The number of aliphatic hydroxyl groups is 1. The minimum absolute atomic E-state index is 0.0205. The van der Waals surface area contributed by atoms with Crippen molar-refractivity contribution in [3.05, 3.63) is 97.1 Å². The summed E-state index contributed by atoms with van der Waals surface area (Å²) in [6.45, 7) is 14.5. The number of aldehydes is 1. The zero-order valence-electron chi connectivity index (χ0n) is 21.7. The average Bonchev–Trinajstić information content (AvgIpc) is 2.93. The second kappa shape index (κ2) is 15.2. The van der Waals surface area contributed by atoms with Crippen LogP contribution in [0.4, 0.5) is 5.69 Å². The van der Waals surface area contributed by atoms with Gasteiger partial charge in [0, 0.05) is 38.0 Å². The maximum atomic E-state index is 12.8. The molecule has 3 rings (SSSR count). The van der Waals surface area contributed by atoms with E-state index >= 15 is 0 Å². The molecule has 36 heavy (non-hydrogen) atoms. The molecule has 196 valence electrons. The predicted octanol–water partition coefficient (Wildman–Crippen LogP) is 5.62. The van der Waals surface area contributed by atoms with Crippen LogP contribution in [0.2, 0.25) is 0 Å². The number of piperidine rings is 1. The quantitative estimate of drug-likeness (QED) is 0.272. The molecule has 0 aromatic heterocycles. The van der Waals surface area contributed by atoms with E-state index in [1.54, 1.807) is 18.2 Å². The molecule has 6 nitrogen and oxygen atoms in total. The molecule has 0 spiro atoms. The first-order valence-corrected chi connectivity index (χ1v) is 13.4. The van der Waals surface area contributed by atoms with E-state index in [0.717, 1.165) is 5.57 Å². The number of rotatable bonds is 8. The number of nitrogens with zero attached hydrogens (tertiary/aromatic N) is 1. The summed E-state index contributed by atoms with van der Waals surface area (Å²) in [5.74, 6) is 0. The van der Waals surface area contributed by atoms with Gasteiger partial charge < -0.3 is 10.4 Å². The van der Waals surface area contributed by atoms with Crippen LogP contribution >= 0.6 is 0 Å². The largest absolute Gasteiger partial charge is 0.396 e. The Bertz CT molecular complexity index is 1120. The van der Waals surface area contributed by atoms with Gasteiger partial charge in [-0.1, -0.05) is 48.6 Å². The number of nitrogens with one attached hydrogen (secondary N) is 1. The molecule has 1 aliphatic heterocycles. The fraction of sp³-hybridized carbons (Fsp3) is 0.345. The Morgan fingerprint density at radius 1 is 1.14 bits per heavy atom. The smallest absolute Gasteiger partial charge is 0.243 e. The van der Waals surface area contributed by atoms with E-state index in [4.69, 9.17) is 0 Å². The van der Waals surface area contributed by atoms with Gasteiger partial charge in [-0.2, -0.15) is 4.31 Å². The van der Waals surface area contributed by atoms with Crippen LogP contribution < -0.4 is 5.32 Å².